The van der Waals surface area contributed by atoms with Gasteiger partial charge in [0.25, 0.3) is 0 Å². The first-order valence-corrected chi connectivity index (χ1v) is 7.62. The van der Waals surface area contributed by atoms with Crippen molar-refractivity contribution in [2.45, 2.75) is 24.9 Å². The fourth-order valence-corrected chi connectivity index (χ4v) is 3.38. The quantitative estimate of drug-likeness (QED) is 0.908. The topological polar surface area (TPSA) is 29.5 Å². The molecule has 1 atom stereocenters. The highest BCUT2D eigenvalue weighted by Gasteiger charge is 2.37. The monoisotopic (exact) mass is 322 g/mol. The predicted octanol–water partition coefficient (Wildman–Crippen LogP) is 4.38. The highest BCUT2D eigenvalue weighted by molar-refractivity contribution is 6.42. The summed E-state index contributed by atoms with van der Waals surface area (Å²) in [6.45, 7) is 0. The maximum atomic E-state index is 11.1. The standard InChI is InChI=1S/C17H16Cl2O2/c1-21-13-6-5-11-7-8-17(20,14(11)9-13)10-12-3-2-4-15(18)16(12)19/h2-6,9,20H,7-8,10H2,1H3. The molecule has 0 fully saturated rings. The third-order valence-electron chi connectivity index (χ3n) is 4.14. The van der Waals surface area contributed by atoms with Gasteiger partial charge < -0.3 is 9.84 Å². The summed E-state index contributed by atoms with van der Waals surface area (Å²) in [7, 11) is 1.63. The van der Waals surface area contributed by atoms with Crippen molar-refractivity contribution in [3.8, 4) is 5.75 Å². The summed E-state index contributed by atoms with van der Waals surface area (Å²) in [5.41, 5.74) is 2.04. The van der Waals surface area contributed by atoms with E-state index in [1.807, 2.05) is 30.3 Å². The molecule has 0 bridgehead atoms. The summed E-state index contributed by atoms with van der Waals surface area (Å²) < 4.78 is 5.27. The molecule has 0 saturated heterocycles. The lowest BCUT2D eigenvalue weighted by molar-refractivity contribution is 0.0388. The second-order valence-electron chi connectivity index (χ2n) is 5.44. The summed E-state index contributed by atoms with van der Waals surface area (Å²) in [5.74, 6) is 0.756. The molecule has 0 aromatic heterocycles. The van der Waals surface area contributed by atoms with Crippen LogP contribution in [0, 0.1) is 0 Å². The zero-order chi connectivity index (χ0) is 15.0. The Kier molecular flexibility index (Phi) is 3.87. The Morgan fingerprint density at radius 2 is 2.05 bits per heavy atom. The van der Waals surface area contributed by atoms with E-state index in [1.165, 1.54) is 0 Å². The lowest BCUT2D eigenvalue weighted by Gasteiger charge is -2.25. The van der Waals surface area contributed by atoms with Gasteiger partial charge in [0, 0.05) is 6.42 Å². The van der Waals surface area contributed by atoms with Crippen LogP contribution < -0.4 is 4.74 Å². The van der Waals surface area contributed by atoms with E-state index in [-0.39, 0.29) is 0 Å². The molecule has 3 rings (SSSR count). The minimum Gasteiger partial charge on any atom is -0.497 e. The van der Waals surface area contributed by atoms with E-state index < -0.39 is 5.60 Å². The van der Waals surface area contributed by atoms with Gasteiger partial charge in [-0.05, 0) is 47.7 Å². The van der Waals surface area contributed by atoms with Gasteiger partial charge in [0.15, 0.2) is 0 Å². The molecule has 2 aromatic rings. The molecule has 0 heterocycles. The molecule has 0 saturated carbocycles. The van der Waals surface area contributed by atoms with Crippen molar-refractivity contribution in [2.75, 3.05) is 7.11 Å². The fourth-order valence-electron chi connectivity index (χ4n) is 2.99. The molecule has 0 spiro atoms. The molecule has 0 radical (unpaired) electrons. The SMILES string of the molecule is COc1ccc2c(c1)C(O)(Cc1cccc(Cl)c1Cl)CC2. The molecule has 1 unspecified atom stereocenters. The molecular formula is C17H16Cl2O2. The minimum absolute atomic E-state index is 0.451. The number of ether oxygens (including phenoxy) is 1. The molecule has 4 heteroatoms. The van der Waals surface area contributed by atoms with Crippen molar-refractivity contribution in [3.05, 3.63) is 63.1 Å². The van der Waals surface area contributed by atoms with Crippen LogP contribution in [0.1, 0.15) is 23.1 Å². The zero-order valence-corrected chi connectivity index (χ0v) is 13.2. The van der Waals surface area contributed by atoms with Crippen molar-refractivity contribution in [3.63, 3.8) is 0 Å². The highest BCUT2D eigenvalue weighted by Crippen LogP contribution is 2.42. The van der Waals surface area contributed by atoms with E-state index in [4.69, 9.17) is 27.9 Å². The first-order chi connectivity index (χ1) is 10.0. The summed E-state index contributed by atoms with van der Waals surface area (Å²) in [5, 5.41) is 12.1. The number of aliphatic hydroxyl groups is 1. The smallest absolute Gasteiger partial charge is 0.119 e. The third-order valence-corrected chi connectivity index (χ3v) is 5.00. The minimum atomic E-state index is -0.918. The molecule has 2 nitrogen and oxygen atoms in total. The van der Waals surface area contributed by atoms with Gasteiger partial charge in [-0.3, -0.25) is 0 Å². The van der Waals surface area contributed by atoms with Gasteiger partial charge in [0.2, 0.25) is 0 Å². The Morgan fingerprint density at radius 1 is 1.24 bits per heavy atom. The van der Waals surface area contributed by atoms with Crippen LogP contribution in [0.3, 0.4) is 0 Å². The number of fused-ring (bicyclic) bond motifs is 1. The first kappa shape index (κ1) is 14.7. The second kappa shape index (κ2) is 5.53. The van der Waals surface area contributed by atoms with Crippen molar-refractivity contribution in [1.29, 1.82) is 0 Å². The van der Waals surface area contributed by atoms with Gasteiger partial charge in [0.05, 0.1) is 22.8 Å². The summed E-state index contributed by atoms with van der Waals surface area (Å²) in [4.78, 5) is 0. The molecule has 110 valence electrons. The summed E-state index contributed by atoms with van der Waals surface area (Å²) in [6, 6.07) is 11.4. The van der Waals surface area contributed by atoms with Gasteiger partial charge in [-0.25, -0.2) is 0 Å². The lowest BCUT2D eigenvalue weighted by atomic mass is 9.88. The van der Waals surface area contributed by atoms with Crippen LogP contribution in [-0.4, -0.2) is 12.2 Å². The fraction of sp³-hybridized carbons (Fsp3) is 0.294. The maximum absolute atomic E-state index is 11.1. The molecule has 0 aliphatic heterocycles. The number of methoxy groups -OCH3 is 1. The molecule has 1 aliphatic rings. The molecular weight excluding hydrogens is 307 g/mol. The van der Waals surface area contributed by atoms with Crippen molar-refractivity contribution in [2.24, 2.45) is 0 Å². The maximum Gasteiger partial charge on any atom is 0.119 e. The van der Waals surface area contributed by atoms with Crippen LogP contribution in [-0.2, 0) is 18.4 Å². The summed E-state index contributed by atoms with van der Waals surface area (Å²) >= 11 is 12.3. The Labute approximate surface area is 134 Å². The number of aryl methyl sites for hydroxylation is 1. The number of benzene rings is 2. The second-order valence-corrected chi connectivity index (χ2v) is 6.23. The van der Waals surface area contributed by atoms with E-state index in [2.05, 4.69) is 0 Å². The first-order valence-electron chi connectivity index (χ1n) is 6.86. The van der Waals surface area contributed by atoms with E-state index in [0.29, 0.717) is 22.9 Å². The average molecular weight is 323 g/mol. The Hall–Kier alpha value is -1.22. The van der Waals surface area contributed by atoms with E-state index in [1.54, 1.807) is 13.2 Å². The number of rotatable bonds is 3. The number of hydrogen-bond acceptors (Lipinski definition) is 2. The van der Waals surface area contributed by atoms with Crippen LogP contribution in [0.15, 0.2) is 36.4 Å². The number of halogens is 2. The van der Waals surface area contributed by atoms with E-state index in [0.717, 1.165) is 28.9 Å². The van der Waals surface area contributed by atoms with E-state index in [9.17, 15) is 5.11 Å². The van der Waals surface area contributed by atoms with Gasteiger partial charge in [0.1, 0.15) is 5.75 Å². The van der Waals surface area contributed by atoms with Crippen LogP contribution in [0.4, 0.5) is 0 Å². The van der Waals surface area contributed by atoms with Crippen LogP contribution in [0.5, 0.6) is 5.75 Å². The van der Waals surface area contributed by atoms with Crippen molar-refractivity contribution >= 4 is 23.2 Å². The lowest BCUT2D eigenvalue weighted by Crippen LogP contribution is -2.25. The molecule has 0 amide bonds. The molecule has 1 N–H and O–H groups in total. The Balaban J connectivity index is 1.99. The van der Waals surface area contributed by atoms with Gasteiger partial charge >= 0.3 is 0 Å². The van der Waals surface area contributed by atoms with Crippen LogP contribution in [0.25, 0.3) is 0 Å². The van der Waals surface area contributed by atoms with Crippen LogP contribution in [0.2, 0.25) is 10.0 Å². The molecule has 21 heavy (non-hydrogen) atoms. The van der Waals surface area contributed by atoms with E-state index >= 15 is 0 Å². The van der Waals surface area contributed by atoms with Gasteiger partial charge in [-0.1, -0.05) is 41.4 Å². The average Bonchev–Trinajstić information content (AvgIpc) is 2.81. The van der Waals surface area contributed by atoms with Gasteiger partial charge in [-0.15, -0.1) is 0 Å². The molecule has 2 aromatic carbocycles. The zero-order valence-electron chi connectivity index (χ0n) is 11.7. The van der Waals surface area contributed by atoms with Crippen molar-refractivity contribution < 1.29 is 9.84 Å². The highest BCUT2D eigenvalue weighted by atomic mass is 35.5. The molecule has 1 aliphatic carbocycles. The van der Waals surface area contributed by atoms with Crippen molar-refractivity contribution in [1.82, 2.24) is 0 Å². The summed E-state index contributed by atoms with van der Waals surface area (Å²) in [6.07, 6.45) is 1.99. The van der Waals surface area contributed by atoms with Crippen LogP contribution >= 0.6 is 23.2 Å². The predicted molar refractivity (Wildman–Crippen MR) is 85.4 cm³/mol. The Morgan fingerprint density at radius 3 is 2.81 bits per heavy atom. The third kappa shape index (κ3) is 2.64. The normalized spacial score (nSPS) is 20.4. The largest absolute Gasteiger partial charge is 0.497 e. The number of hydrogen-bond donors (Lipinski definition) is 1. The Bertz CT molecular complexity index is 684. The van der Waals surface area contributed by atoms with Gasteiger partial charge in [-0.2, -0.15) is 0 Å².